The first-order valence-electron chi connectivity index (χ1n) is 12.0. The molecule has 0 bridgehead atoms. The summed E-state index contributed by atoms with van der Waals surface area (Å²) in [5.41, 5.74) is 2.69. The van der Waals surface area contributed by atoms with Crippen molar-refractivity contribution in [3.8, 4) is 0 Å². The number of amides is 3. The van der Waals surface area contributed by atoms with E-state index in [1.807, 2.05) is 49.6 Å². The smallest absolute Gasteiger partial charge is 0.272 e. The van der Waals surface area contributed by atoms with Gasteiger partial charge >= 0.3 is 0 Å². The van der Waals surface area contributed by atoms with Crippen LogP contribution in [0.25, 0.3) is 6.08 Å². The van der Waals surface area contributed by atoms with Gasteiger partial charge in [0.05, 0.1) is 5.25 Å². The van der Waals surface area contributed by atoms with Gasteiger partial charge in [-0.25, -0.2) is 0 Å². The van der Waals surface area contributed by atoms with Crippen LogP contribution in [0.3, 0.4) is 0 Å². The predicted octanol–water partition coefficient (Wildman–Crippen LogP) is 7.24. The third-order valence-corrected chi connectivity index (χ3v) is 7.74. The minimum absolute atomic E-state index is 0.119. The summed E-state index contributed by atoms with van der Waals surface area (Å²) in [4.78, 5) is 40.5. The Balaban J connectivity index is 1.45. The molecule has 1 aromatic heterocycles. The van der Waals surface area contributed by atoms with Gasteiger partial charge in [-0.2, -0.15) is 0 Å². The Hall–Kier alpha value is -3.85. The molecule has 0 fully saturated rings. The number of thioether (sulfide) groups is 1. The molecular weight excluding hydrogens is 550 g/mol. The maximum Gasteiger partial charge on any atom is 0.272 e. The number of anilines is 2. The zero-order chi connectivity index (χ0) is 27.8. The summed E-state index contributed by atoms with van der Waals surface area (Å²) in [6.07, 6.45) is 1.64. The quantitative estimate of drug-likeness (QED) is 0.145. The molecule has 0 saturated carbocycles. The Morgan fingerprint density at radius 1 is 0.923 bits per heavy atom. The molecule has 4 rings (SSSR count). The maximum atomic E-state index is 13.2. The minimum Gasteiger partial charge on any atom is -0.325 e. The fraction of sp³-hybridized carbons (Fsp3) is 0.100. The first kappa shape index (κ1) is 28.2. The van der Waals surface area contributed by atoms with Crippen molar-refractivity contribution in [1.82, 2.24) is 5.32 Å². The van der Waals surface area contributed by atoms with Crippen LogP contribution in [0.1, 0.15) is 27.7 Å². The molecule has 0 spiro atoms. The van der Waals surface area contributed by atoms with Crippen LogP contribution < -0.4 is 16.0 Å². The number of thiophene rings is 1. The topological polar surface area (TPSA) is 87.3 Å². The van der Waals surface area contributed by atoms with Gasteiger partial charge in [-0.05, 0) is 79.4 Å². The number of aryl methyl sites for hydroxylation is 1. The summed E-state index contributed by atoms with van der Waals surface area (Å²) in [5.74, 6) is -1.01. The van der Waals surface area contributed by atoms with Crippen molar-refractivity contribution < 1.29 is 14.4 Å². The molecule has 0 aliphatic rings. The van der Waals surface area contributed by atoms with Crippen LogP contribution in [0, 0.1) is 6.92 Å². The molecule has 0 radical (unpaired) electrons. The van der Waals surface area contributed by atoms with Crippen LogP contribution >= 0.6 is 34.7 Å². The van der Waals surface area contributed by atoms with Crippen LogP contribution in [-0.2, 0) is 9.59 Å². The molecule has 198 valence electrons. The first-order valence-corrected chi connectivity index (χ1v) is 14.2. The van der Waals surface area contributed by atoms with E-state index in [0.29, 0.717) is 22.0 Å². The van der Waals surface area contributed by atoms with Crippen LogP contribution in [0.5, 0.6) is 0 Å². The number of nitrogens with one attached hydrogen (secondary N) is 3. The van der Waals surface area contributed by atoms with Crippen molar-refractivity contribution in [1.29, 1.82) is 0 Å². The lowest BCUT2D eigenvalue weighted by molar-refractivity contribution is -0.115. The molecule has 1 heterocycles. The number of carbonyl (C=O) groups excluding carboxylic acids is 3. The zero-order valence-electron chi connectivity index (χ0n) is 21.2. The van der Waals surface area contributed by atoms with Gasteiger partial charge in [0.15, 0.2) is 0 Å². The molecule has 1 atom stereocenters. The fourth-order valence-electron chi connectivity index (χ4n) is 3.52. The van der Waals surface area contributed by atoms with E-state index in [-0.39, 0.29) is 17.5 Å². The Morgan fingerprint density at radius 3 is 2.46 bits per heavy atom. The lowest BCUT2D eigenvalue weighted by Gasteiger charge is -2.15. The molecule has 0 aliphatic heterocycles. The Labute approximate surface area is 240 Å². The van der Waals surface area contributed by atoms with Gasteiger partial charge in [0.1, 0.15) is 5.70 Å². The van der Waals surface area contributed by atoms with Gasteiger partial charge in [0.25, 0.3) is 11.8 Å². The molecule has 6 nitrogen and oxygen atoms in total. The number of halogens is 1. The maximum absolute atomic E-state index is 13.2. The van der Waals surface area contributed by atoms with Crippen LogP contribution in [0.2, 0.25) is 5.02 Å². The third kappa shape index (κ3) is 8.07. The molecule has 1 unspecified atom stereocenters. The van der Waals surface area contributed by atoms with Crippen LogP contribution in [0.4, 0.5) is 11.4 Å². The summed E-state index contributed by atoms with van der Waals surface area (Å²) in [7, 11) is 0. The molecule has 3 amide bonds. The van der Waals surface area contributed by atoms with E-state index in [9.17, 15) is 14.4 Å². The minimum atomic E-state index is -0.461. The van der Waals surface area contributed by atoms with Crippen molar-refractivity contribution in [2.24, 2.45) is 0 Å². The summed E-state index contributed by atoms with van der Waals surface area (Å²) in [5, 5.41) is 10.6. The van der Waals surface area contributed by atoms with Crippen molar-refractivity contribution in [3.05, 3.63) is 117 Å². The summed E-state index contributed by atoms with van der Waals surface area (Å²) >= 11 is 8.89. The van der Waals surface area contributed by atoms with E-state index < -0.39 is 11.2 Å². The second kappa shape index (κ2) is 13.3. The van der Waals surface area contributed by atoms with Crippen molar-refractivity contribution in [2.45, 2.75) is 24.0 Å². The number of rotatable bonds is 9. The Bertz CT molecular complexity index is 1510. The van der Waals surface area contributed by atoms with Gasteiger partial charge in [-0.1, -0.05) is 48.0 Å². The van der Waals surface area contributed by atoms with Crippen molar-refractivity contribution in [3.63, 3.8) is 0 Å². The molecule has 0 aliphatic carbocycles. The normalized spacial score (nSPS) is 11.9. The molecule has 4 aromatic rings. The van der Waals surface area contributed by atoms with Gasteiger partial charge in [-0.3, -0.25) is 14.4 Å². The first-order chi connectivity index (χ1) is 18.8. The van der Waals surface area contributed by atoms with Gasteiger partial charge in [0, 0.05) is 31.7 Å². The second-order valence-electron chi connectivity index (χ2n) is 8.58. The van der Waals surface area contributed by atoms with E-state index in [1.54, 1.807) is 60.7 Å². The monoisotopic (exact) mass is 575 g/mol. The molecule has 9 heteroatoms. The predicted molar refractivity (Wildman–Crippen MR) is 161 cm³/mol. The molecule has 0 saturated heterocycles. The highest BCUT2D eigenvalue weighted by Gasteiger charge is 2.18. The number of carbonyl (C=O) groups is 3. The second-order valence-corrected chi connectivity index (χ2v) is 11.4. The third-order valence-electron chi connectivity index (χ3n) is 5.59. The highest BCUT2D eigenvalue weighted by atomic mass is 35.5. The van der Waals surface area contributed by atoms with E-state index >= 15 is 0 Å². The number of benzene rings is 3. The zero-order valence-corrected chi connectivity index (χ0v) is 23.6. The van der Waals surface area contributed by atoms with E-state index in [0.717, 1.165) is 15.3 Å². The van der Waals surface area contributed by atoms with Crippen molar-refractivity contribution in [2.75, 3.05) is 10.6 Å². The summed E-state index contributed by atoms with van der Waals surface area (Å²) in [6.45, 7) is 3.71. The molecule has 3 N–H and O–H groups in total. The average molecular weight is 576 g/mol. The lowest BCUT2D eigenvalue weighted by atomic mass is 10.2. The number of hydrogen-bond donors (Lipinski definition) is 3. The van der Waals surface area contributed by atoms with E-state index in [2.05, 4.69) is 16.0 Å². The number of hydrogen-bond acceptors (Lipinski definition) is 5. The van der Waals surface area contributed by atoms with E-state index in [4.69, 9.17) is 11.6 Å². The highest BCUT2D eigenvalue weighted by Crippen LogP contribution is 2.28. The molecular formula is C30H26ClN3O3S2. The SMILES string of the molecule is Cc1ccc(Cl)cc1NC(=O)C(C)Sc1cccc(NC(=O)/C(=C/c2cccs2)NC(=O)c2ccccc2)c1. The van der Waals surface area contributed by atoms with Crippen LogP contribution in [0.15, 0.2) is 101 Å². The molecule has 3 aromatic carbocycles. The van der Waals surface area contributed by atoms with Gasteiger partial charge in [0.2, 0.25) is 5.91 Å². The lowest BCUT2D eigenvalue weighted by Crippen LogP contribution is -2.30. The molecule has 39 heavy (non-hydrogen) atoms. The van der Waals surface area contributed by atoms with Crippen LogP contribution in [-0.4, -0.2) is 23.0 Å². The average Bonchev–Trinajstić information content (AvgIpc) is 3.44. The largest absolute Gasteiger partial charge is 0.325 e. The summed E-state index contributed by atoms with van der Waals surface area (Å²) in [6, 6.07) is 25.0. The Morgan fingerprint density at radius 2 is 1.72 bits per heavy atom. The fourth-order valence-corrected chi connectivity index (χ4v) is 5.28. The van der Waals surface area contributed by atoms with Crippen molar-refractivity contribution >= 4 is 69.9 Å². The van der Waals surface area contributed by atoms with Gasteiger partial charge < -0.3 is 16.0 Å². The standard InChI is InChI=1S/C30H26ClN3O3S2/c1-19-13-14-22(31)16-26(19)33-28(35)20(2)39-25-11-6-10-23(17-25)32-30(37)27(18-24-12-7-15-38-24)34-29(36)21-8-4-3-5-9-21/h3-18,20H,1-2H3,(H,32,37)(H,33,35)(H,34,36)/b27-18-. The highest BCUT2D eigenvalue weighted by molar-refractivity contribution is 8.00. The van der Waals surface area contributed by atoms with E-state index in [1.165, 1.54) is 23.1 Å². The summed E-state index contributed by atoms with van der Waals surface area (Å²) < 4.78 is 0. The Kier molecular flexibility index (Phi) is 9.59. The van der Waals surface area contributed by atoms with Gasteiger partial charge in [-0.15, -0.1) is 23.1 Å².